The summed E-state index contributed by atoms with van der Waals surface area (Å²) in [7, 11) is 0. The van der Waals surface area contributed by atoms with Gasteiger partial charge in [-0.1, -0.05) is 79.6 Å². The van der Waals surface area contributed by atoms with Crippen LogP contribution < -0.4 is 0 Å². The first-order chi connectivity index (χ1) is 17.2. The second-order valence-corrected chi connectivity index (χ2v) is 8.66. The van der Waals surface area contributed by atoms with Gasteiger partial charge in [0, 0.05) is 17.2 Å². The predicted molar refractivity (Wildman–Crippen MR) is 142 cm³/mol. The Labute approximate surface area is 207 Å². The molecule has 0 bridgehead atoms. The summed E-state index contributed by atoms with van der Waals surface area (Å²) >= 11 is 0. The lowest BCUT2D eigenvalue weighted by atomic mass is 10.0. The van der Waals surface area contributed by atoms with Gasteiger partial charge in [0.2, 0.25) is 5.69 Å². The SMILES string of the molecule is CCCCCCc1ccc(-c2ccc([N+]([O-])=Nc3ccc(-c4ccc(C#N)cc4)cc3)cc2)cc1. The number of azo groups is 1. The summed E-state index contributed by atoms with van der Waals surface area (Å²) in [5.41, 5.74) is 7.29. The molecule has 0 spiro atoms. The van der Waals surface area contributed by atoms with Crippen molar-refractivity contribution in [2.75, 3.05) is 0 Å². The molecule has 0 aromatic heterocycles. The maximum Gasteiger partial charge on any atom is 0.244 e. The van der Waals surface area contributed by atoms with Crippen molar-refractivity contribution >= 4 is 11.4 Å². The summed E-state index contributed by atoms with van der Waals surface area (Å²) in [6, 6.07) is 33.2. The van der Waals surface area contributed by atoms with Crippen LogP contribution in [0.4, 0.5) is 11.4 Å². The van der Waals surface area contributed by atoms with Crippen LogP contribution in [0.15, 0.2) is 102 Å². The molecule has 0 radical (unpaired) electrons. The minimum atomic E-state index is 0.484. The average molecular weight is 460 g/mol. The Hall–Kier alpha value is -4.23. The topological polar surface area (TPSA) is 62.2 Å². The molecule has 0 atom stereocenters. The molecule has 0 N–H and O–H groups in total. The van der Waals surface area contributed by atoms with Crippen LogP contribution in [-0.4, -0.2) is 4.86 Å². The molecule has 0 amide bonds. The van der Waals surface area contributed by atoms with Gasteiger partial charge >= 0.3 is 0 Å². The third kappa shape index (κ3) is 6.43. The Morgan fingerprint density at radius 2 is 1.20 bits per heavy atom. The fraction of sp³-hybridized carbons (Fsp3) is 0.194. The van der Waals surface area contributed by atoms with E-state index < -0.39 is 0 Å². The average Bonchev–Trinajstić information content (AvgIpc) is 2.92. The van der Waals surface area contributed by atoms with Gasteiger partial charge < -0.3 is 5.21 Å². The molecule has 0 heterocycles. The van der Waals surface area contributed by atoms with Crippen LogP contribution in [0.25, 0.3) is 22.3 Å². The number of hydrogen-bond donors (Lipinski definition) is 0. The zero-order valence-electron chi connectivity index (χ0n) is 20.0. The number of aryl methyl sites for hydroxylation is 1. The molecule has 0 aliphatic heterocycles. The Morgan fingerprint density at radius 3 is 1.74 bits per heavy atom. The number of nitrogens with zero attached hydrogens (tertiary/aromatic N) is 3. The number of nitriles is 1. The number of benzene rings is 4. The van der Waals surface area contributed by atoms with Gasteiger partial charge in [-0.2, -0.15) is 5.26 Å². The first-order valence-corrected chi connectivity index (χ1v) is 12.1. The summed E-state index contributed by atoms with van der Waals surface area (Å²) in [5, 5.41) is 25.7. The maximum atomic E-state index is 12.6. The molecule has 0 saturated carbocycles. The zero-order chi connectivity index (χ0) is 24.5. The van der Waals surface area contributed by atoms with Crippen molar-refractivity contribution in [1.29, 1.82) is 5.26 Å². The monoisotopic (exact) mass is 459 g/mol. The third-order valence-electron chi connectivity index (χ3n) is 6.12. The van der Waals surface area contributed by atoms with Gasteiger partial charge in [-0.25, -0.2) is 0 Å². The normalized spacial score (nSPS) is 11.3. The van der Waals surface area contributed by atoms with Gasteiger partial charge in [-0.15, -0.1) is 0 Å². The molecule has 0 fully saturated rings. The highest BCUT2D eigenvalue weighted by molar-refractivity contribution is 5.66. The van der Waals surface area contributed by atoms with Gasteiger partial charge in [0.25, 0.3) is 0 Å². The molecule has 4 nitrogen and oxygen atoms in total. The van der Waals surface area contributed by atoms with E-state index in [1.165, 1.54) is 31.2 Å². The molecular formula is C31H29N3O. The van der Waals surface area contributed by atoms with Crippen molar-refractivity contribution in [3.63, 3.8) is 0 Å². The van der Waals surface area contributed by atoms with Crippen LogP contribution in [0, 0.1) is 16.5 Å². The van der Waals surface area contributed by atoms with Gasteiger partial charge in [0.05, 0.1) is 11.6 Å². The standard InChI is InChI=1S/C31H29N3O/c1-2-3-4-5-6-24-7-11-26(12-8-24)29-17-21-31(22-18-29)34(35)33-30-19-15-28(16-20-30)27-13-9-25(23-32)10-14-27/h7-22H,2-6H2,1H3. The van der Waals surface area contributed by atoms with Gasteiger partial charge in [-0.05, 0) is 77.1 Å². The van der Waals surface area contributed by atoms with Crippen molar-refractivity contribution in [3.05, 3.63) is 113 Å². The molecule has 4 aromatic rings. The first kappa shape index (κ1) is 23.9. The molecule has 0 unspecified atom stereocenters. The van der Waals surface area contributed by atoms with Crippen molar-refractivity contribution in [2.45, 2.75) is 39.0 Å². The zero-order valence-corrected chi connectivity index (χ0v) is 20.0. The molecular weight excluding hydrogens is 430 g/mol. The lowest BCUT2D eigenvalue weighted by Crippen LogP contribution is -1.91. The van der Waals surface area contributed by atoms with Crippen LogP contribution in [0.2, 0.25) is 0 Å². The highest BCUT2D eigenvalue weighted by Crippen LogP contribution is 2.26. The van der Waals surface area contributed by atoms with E-state index in [-0.39, 0.29) is 0 Å². The van der Waals surface area contributed by atoms with E-state index in [0.717, 1.165) is 28.7 Å². The molecule has 4 heteroatoms. The van der Waals surface area contributed by atoms with Crippen molar-refractivity contribution in [2.24, 2.45) is 5.11 Å². The van der Waals surface area contributed by atoms with Crippen LogP contribution in [0.1, 0.15) is 43.7 Å². The minimum Gasteiger partial charge on any atom is -0.594 e. The van der Waals surface area contributed by atoms with Crippen LogP contribution >= 0.6 is 0 Å². The highest BCUT2D eigenvalue weighted by atomic mass is 16.5. The molecule has 4 aromatic carbocycles. The second-order valence-electron chi connectivity index (χ2n) is 8.66. The molecule has 0 aliphatic rings. The van der Waals surface area contributed by atoms with Crippen LogP contribution in [0.3, 0.4) is 0 Å². The molecule has 0 aliphatic carbocycles. The van der Waals surface area contributed by atoms with E-state index in [0.29, 0.717) is 21.8 Å². The lowest BCUT2D eigenvalue weighted by molar-refractivity contribution is -0.435. The van der Waals surface area contributed by atoms with Gasteiger partial charge in [0.15, 0.2) is 0 Å². The van der Waals surface area contributed by atoms with E-state index in [9.17, 15) is 5.21 Å². The van der Waals surface area contributed by atoms with Crippen LogP contribution in [-0.2, 0) is 6.42 Å². The molecule has 35 heavy (non-hydrogen) atoms. The summed E-state index contributed by atoms with van der Waals surface area (Å²) in [5.74, 6) is 0. The van der Waals surface area contributed by atoms with Gasteiger partial charge in [-0.3, -0.25) is 0 Å². The Morgan fingerprint density at radius 1 is 0.686 bits per heavy atom. The van der Waals surface area contributed by atoms with E-state index in [1.807, 2.05) is 48.5 Å². The predicted octanol–water partition coefficient (Wildman–Crippen LogP) is 8.94. The van der Waals surface area contributed by atoms with Crippen molar-refractivity contribution in [1.82, 2.24) is 0 Å². The Bertz CT molecular complexity index is 1300. The summed E-state index contributed by atoms with van der Waals surface area (Å²) in [6.45, 7) is 2.23. The minimum absolute atomic E-state index is 0.484. The van der Waals surface area contributed by atoms with Crippen molar-refractivity contribution in [3.8, 4) is 28.3 Å². The fourth-order valence-corrected chi connectivity index (χ4v) is 4.02. The molecule has 0 saturated heterocycles. The first-order valence-electron chi connectivity index (χ1n) is 12.1. The lowest BCUT2D eigenvalue weighted by Gasteiger charge is -2.06. The van der Waals surface area contributed by atoms with E-state index in [2.05, 4.69) is 42.4 Å². The maximum absolute atomic E-state index is 12.6. The number of hydrogen-bond acceptors (Lipinski definition) is 3. The quantitative estimate of drug-likeness (QED) is 0.108. The fourth-order valence-electron chi connectivity index (χ4n) is 4.02. The number of rotatable bonds is 9. The largest absolute Gasteiger partial charge is 0.594 e. The van der Waals surface area contributed by atoms with Crippen molar-refractivity contribution < 1.29 is 4.86 Å². The number of unbranched alkanes of at least 4 members (excludes halogenated alkanes) is 3. The Kier molecular flexibility index (Phi) is 8.04. The van der Waals surface area contributed by atoms with Gasteiger partial charge in [0.1, 0.15) is 5.69 Å². The summed E-state index contributed by atoms with van der Waals surface area (Å²) < 4.78 is 0. The van der Waals surface area contributed by atoms with Crippen LogP contribution in [0.5, 0.6) is 0 Å². The highest BCUT2D eigenvalue weighted by Gasteiger charge is 2.07. The third-order valence-corrected chi connectivity index (χ3v) is 6.12. The van der Waals surface area contributed by atoms with E-state index >= 15 is 0 Å². The van der Waals surface area contributed by atoms with E-state index in [1.54, 1.807) is 24.3 Å². The molecule has 174 valence electrons. The summed E-state index contributed by atoms with van der Waals surface area (Å²) in [6.07, 6.45) is 6.22. The second kappa shape index (κ2) is 11.8. The summed E-state index contributed by atoms with van der Waals surface area (Å²) in [4.78, 5) is 0.653. The van der Waals surface area contributed by atoms with E-state index in [4.69, 9.17) is 5.26 Å². The Balaban J connectivity index is 1.40. The molecule has 4 rings (SSSR count). The smallest absolute Gasteiger partial charge is 0.244 e.